The Morgan fingerprint density at radius 1 is 1.16 bits per heavy atom. The molecule has 4 heteroatoms. The van der Waals surface area contributed by atoms with E-state index < -0.39 is 18.0 Å². The summed E-state index contributed by atoms with van der Waals surface area (Å²) in [5, 5.41) is 2.18. The number of amides is 1. The van der Waals surface area contributed by atoms with Gasteiger partial charge in [0.15, 0.2) is 6.10 Å². The van der Waals surface area contributed by atoms with E-state index in [1.54, 1.807) is 0 Å². The molecule has 0 aliphatic carbocycles. The van der Waals surface area contributed by atoms with Crippen LogP contribution in [0, 0.1) is 0 Å². The summed E-state index contributed by atoms with van der Waals surface area (Å²) in [7, 11) is 0. The Morgan fingerprint density at radius 3 is 2.53 bits per heavy atom. The highest BCUT2D eigenvalue weighted by atomic mass is 16.5. The summed E-state index contributed by atoms with van der Waals surface area (Å²) >= 11 is 0. The lowest BCUT2D eigenvalue weighted by Gasteiger charge is -2.09. The molecule has 19 heavy (non-hydrogen) atoms. The third-order valence-corrected chi connectivity index (χ3v) is 2.87. The maximum atomic E-state index is 11.6. The Bertz CT molecular complexity index is 622. The molecule has 0 aliphatic rings. The highest BCUT2D eigenvalue weighted by Gasteiger charge is 2.14. The minimum atomic E-state index is -0.895. The second-order valence-electron chi connectivity index (χ2n) is 4.39. The van der Waals surface area contributed by atoms with Gasteiger partial charge in [-0.1, -0.05) is 42.5 Å². The average molecular weight is 257 g/mol. The average Bonchev–Trinajstić information content (AvgIpc) is 2.38. The van der Waals surface area contributed by atoms with Gasteiger partial charge in [0.2, 0.25) is 0 Å². The lowest BCUT2D eigenvalue weighted by Crippen LogP contribution is -2.30. The molecular weight excluding hydrogens is 242 g/mol. The van der Waals surface area contributed by atoms with E-state index >= 15 is 0 Å². The van der Waals surface area contributed by atoms with Crippen LogP contribution in [0.2, 0.25) is 0 Å². The lowest BCUT2D eigenvalue weighted by atomic mass is 10.1. The number of hydrogen-bond acceptors (Lipinski definition) is 3. The van der Waals surface area contributed by atoms with Gasteiger partial charge < -0.3 is 10.5 Å². The van der Waals surface area contributed by atoms with E-state index in [0.29, 0.717) is 0 Å². The van der Waals surface area contributed by atoms with Gasteiger partial charge in [-0.2, -0.15) is 0 Å². The van der Waals surface area contributed by atoms with Crippen molar-refractivity contribution >= 4 is 22.6 Å². The molecule has 0 fully saturated rings. The van der Waals surface area contributed by atoms with E-state index in [9.17, 15) is 9.59 Å². The number of ether oxygens (including phenoxy) is 1. The quantitative estimate of drug-likeness (QED) is 0.849. The van der Waals surface area contributed by atoms with Crippen LogP contribution in [0.1, 0.15) is 12.5 Å². The maximum Gasteiger partial charge on any atom is 0.311 e. The molecule has 0 bridgehead atoms. The van der Waals surface area contributed by atoms with Crippen LogP contribution >= 0.6 is 0 Å². The summed E-state index contributed by atoms with van der Waals surface area (Å²) in [5.41, 5.74) is 5.88. The molecule has 98 valence electrons. The lowest BCUT2D eigenvalue weighted by molar-refractivity contribution is -0.153. The van der Waals surface area contributed by atoms with Gasteiger partial charge in [-0.15, -0.1) is 0 Å². The zero-order valence-corrected chi connectivity index (χ0v) is 10.6. The number of carbonyl (C=O) groups excluding carboxylic acids is 2. The number of primary amides is 1. The Balaban J connectivity index is 2.09. The second-order valence-corrected chi connectivity index (χ2v) is 4.39. The molecule has 0 aliphatic heterocycles. The molecule has 0 saturated heterocycles. The van der Waals surface area contributed by atoms with Crippen LogP contribution in [0.4, 0.5) is 0 Å². The minimum absolute atomic E-state index is 0.127. The molecular formula is C15H15NO3. The van der Waals surface area contributed by atoms with Gasteiger partial charge in [0, 0.05) is 0 Å². The van der Waals surface area contributed by atoms with Crippen molar-refractivity contribution < 1.29 is 14.3 Å². The molecule has 0 saturated carbocycles. The predicted octanol–water partition coefficient (Wildman–Crippen LogP) is 1.80. The normalized spacial score (nSPS) is 12.1. The van der Waals surface area contributed by atoms with Crippen molar-refractivity contribution in [3.05, 3.63) is 48.0 Å². The summed E-state index contributed by atoms with van der Waals surface area (Å²) in [6, 6.07) is 13.7. The highest BCUT2D eigenvalue weighted by Crippen LogP contribution is 2.16. The van der Waals surface area contributed by atoms with E-state index in [0.717, 1.165) is 16.3 Å². The van der Waals surface area contributed by atoms with Crippen LogP contribution in [-0.4, -0.2) is 18.0 Å². The monoisotopic (exact) mass is 257 g/mol. The second kappa shape index (κ2) is 5.52. The number of nitrogens with two attached hydrogens (primary N) is 1. The zero-order valence-electron chi connectivity index (χ0n) is 10.6. The molecule has 0 unspecified atom stereocenters. The minimum Gasteiger partial charge on any atom is -0.452 e. The van der Waals surface area contributed by atoms with Crippen LogP contribution in [0.25, 0.3) is 10.8 Å². The fourth-order valence-electron chi connectivity index (χ4n) is 1.81. The maximum absolute atomic E-state index is 11.6. The molecule has 4 nitrogen and oxygen atoms in total. The van der Waals surface area contributed by atoms with Crippen LogP contribution in [-0.2, 0) is 20.7 Å². The van der Waals surface area contributed by atoms with Gasteiger partial charge in [0.25, 0.3) is 5.91 Å². The van der Waals surface area contributed by atoms with Crippen molar-refractivity contribution in [1.29, 1.82) is 0 Å². The highest BCUT2D eigenvalue weighted by molar-refractivity contribution is 5.85. The number of benzene rings is 2. The van der Waals surface area contributed by atoms with Crippen molar-refractivity contribution in [2.45, 2.75) is 19.4 Å². The van der Waals surface area contributed by atoms with E-state index in [1.807, 2.05) is 42.5 Å². The van der Waals surface area contributed by atoms with Crippen LogP contribution in [0.5, 0.6) is 0 Å². The summed E-state index contributed by atoms with van der Waals surface area (Å²) in [6.07, 6.45) is -0.768. The number of hydrogen-bond donors (Lipinski definition) is 1. The smallest absolute Gasteiger partial charge is 0.311 e. The molecule has 0 spiro atoms. The Morgan fingerprint density at radius 2 is 1.84 bits per heavy atom. The van der Waals surface area contributed by atoms with Gasteiger partial charge in [-0.3, -0.25) is 9.59 Å². The topological polar surface area (TPSA) is 69.4 Å². The number of carbonyl (C=O) groups is 2. The van der Waals surface area contributed by atoms with Crippen LogP contribution in [0.15, 0.2) is 42.5 Å². The zero-order chi connectivity index (χ0) is 13.8. The van der Waals surface area contributed by atoms with Gasteiger partial charge >= 0.3 is 5.97 Å². The SMILES string of the molecule is C[C@H](OC(=O)Cc1ccc2ccccc2c1)C(N)=O. The Hall–Kier alpha value is -2.36. The third-order valence-electron chi connectivity index (χ3n) is 2.87. The predicted molar refractivity (Wildman–Crippen MR) is 72.4 cm³/mol. The molecule has 2 aromatic carbocycles. The molecule has 1 amide bonds. The first-order chi connectivity index (χ1) is 9.06. The number of esters is 1. The van der Waals surface area contributed by atoms with Crippen LogP contribution in [0.3, 0.4) is 0 Å². The van der Waals surface area contributed by atoms with E-state index in [2.05, 4.69) is 0 Å². The van der Waals surface area contributed by atoms with Gasteiger partial charge in [0.05, 0.1) is 6.42 Å². The van der Waals surface area contributed by atoms with E-state index in [4.69, 9.17) is 10.5 Å². The van der Waals surface area contributed by atoms with Crippen molar-refractivity contribution in [3.8, 4) is 0 Å². The molecule has 1 atom stereocenters. The van der Waals surface area contributed by atoms with Gasteiger partial charge in [-0.05, 0) is 23.3 Å². The van der Waals surface area contributed by atoms with Crippen LogP contribution < -0.4 is 5.73 Å². The molecule has 0 aromatic heterocycles. The first-order valence-corrected chi connectivity index (χ1v) is 6.03. The fourth-order valence-corrected chi connectivity index (χ4v) is 1.81. The van der Waals surface area contributed by atoms with E-state index in [-0.39, 0.29) is 6.42 Å². The molecule has 2 rings (SSSR count). The first-order valence-electron chi connectivity index (χ1n) is 6.03. The number of rotatable bonds is 4. The van der Waals surface area contributed by atoms with Crippen molar-refractivity contribution in [1.82, 2.24) is 0 Å². The summed E-state index contributed by atoms with van der Waals surface area (Å²) in [4.78, 5) is 22.4. The van der Waals surface area contributed by atoms with E-state index in [1.165, 1.54) is 6.92 Å². The van der Waals surface area contributed by atoms with Crippen molar-refractivity contribution in [2.24, 2.45) is 5.73 Å². The summed E-state index contributed by atoms with van der Waals surface area (Å²) in [5.74, 6) is -1.10. The Kier molecular flexibility index (Phi) is 3.80. The molecule has 2 N–H and O–H groups in total. The van der Waals surface area contributed by atoms with Gasteiger partial charge in [0.1, 0.15) is 0 Å². The summed E-state index contributed by atoms with van der Waals surface area (Å²) in [6.45, 7) is 1.46. The molecule has 0 radical (unpaired) electrons. The number of fused-ring (bicyclic) bond motifs is 1. The van der Waals surface area contributed by atoms with Crippen molar-refractivity contribution in [3.63, 3.8) is 0 Å². The largest absolute Gasteiger partial charge is 0.452 e. The standard InChI is InChI=1S/C15H15NO3/c1-10(15(16)18)19-14(17)9-11-6-7-12-4-2-3-5-13(12)8-11/h2-8,10H,9H2,1H3,(H2,16,18)/t10-/m0/s1. The first kappa shape index (κ1) is 13.1. The van der Waals surface area contributed by atoms with Gasteiger partial charge in [-0.25, -0.2) is 0 Å². The molecule has 2 aromatic rings. The Labute approximate surface area is 111 Å². The third kappa shape index (κ3) is 3.31. The summed E-state index contributed by atoms with van der Waals surface area (Å²) < 4.78 is 4.91. The fraction of sp³-hybridized carbons (Fsp3) is 0.200. The molecule has 0 heterocycles. The van der Waals surface area contributed by atoms with Crippen molar-refractivity contribution in [2.75, 3.05) is 0 Å².